The van der Waals surface area contributed by atoms with E-state index in [1.165, 1.54) is 12.1 Å². The van der Waals surface area contributed by atoms with Gasteiger partial charge in [-0.1, -0.05) is 79.7 Å². The van der Waals surface area contributed by atoms with Gasteiger partial charge in [-0.25, -0.2) is 0 Å². The first-order valence-corrected chi connectivity index (χ1v) is 17.0. The summed E-state index contributed by atoms with van der Waals surface area (Å²) in [6, 6.07) is 34.7. The van der Waals surface area contributed by atoms with Crippen LogP contribution in [-0.4, -0.2) is 0 Å². The SMILES string of the molecule is CCc1cc(C2(c3cc(C)c(Oc4ccc(N)cc4C)c(C)c3)c3ccccc3-c3ccccc32)cc(C)c1Oc1ccc(N)cc1C(F)(F)F. The Kier molecular flexibility index (Phi) is 8.33. The van der Waals surface area contributed by atoms with Crippen molar-refractivity contribution in [2.24, 2.45) is 0 Å². The Morgan fingerprint density at radius 1 is 0.569 bits per heavy atom. The lowest BCUT2D eigenvalue weighted by molar-refractivity contribution is -0.138. The molecule has 6 aromatic carbocycles. The number of hydrogen-bond donors (Lipinski definition) is 2. The smallest absolute Gasteiger partial charge is 0.420 e. The second-order valence-electron chi connectivity index (χ2n) is 13.4. The Labute approximate surface area is 296 Å². The topological polar surface area (TPSA) is 70.5 Å². The lowest BCUT2D eigenvalue weighted by Gasteiger charge is -2.35. The molecule has 0 heterocycles. The molecule has 1 aliphatic carbocycles. The van der Waals surface area contributed by atoms with Gasteiger partial charge < -0.3 is 20.9 Å². The molecule has 0 amide bonds. The molecular formula is C44H39F3N2O2. The molecule has 0 atom stereocenters. The van der Waals surface area contributed by atoms with Gasteiger partial charge in [0.25, 0.3) is 0 Å². The van der Waals surface area contributed by atoms with Crippen molar-refractivity contribution >= 4 is 11.4 Å². The van der Waals surface area contributed by atoms with Gasteiger partial charge in [-0.15, -0.1) is 0 Å². The van der Waals surface area contributed by atoms with Crippen LogP contribution in [-0.2, 0) is 18.0 Å². The lowest BCUT2D eigenvalue weighted by Crippen LogP contribution is -2.29. The van der Waals surface area contributed by atoms with Crippen molar-refractivity contribution in [1.82, 2.24) is 0 Å². The Morgan fingerprint density at radius 2 is 1.06 bits per heavy atom. The highest BCUT2D eigenvalue weighted by Crippen LogP contribution is 2.57. The molecule has 7 rings (SSSR count). The number of nitrogen functional groups attached to an aromatic ring is 2. The molecule has 0 fully saturated rings. The maximum Gasteiger partial charge on any atom is 0.420 e. The van der Waals surface area contributed by atoms with Crippen LogP contribution >= 0.6 is 0 Å². The third kappa shape index (κ3) is 5.67. The van der Waals surface area contributed by atoms with Gasteiger partial charge in [0, 0.05) is 11.4 Å². The van der Waals surface area contributed by atoms with Crippen LogP contribution in [0.15, 0.2) is 109 Å². The zero-order valence-corrected chi connectivity index (χ0v) is 29.2. The predicted molar refractivity (Wildman–Crippen MR) is 199 cm³/mol. The molecule has 6 aromatic rings. The Morgan fingerprint density at radius 3 is 1.61 bits per heavy atom. The average Bonchev–Trinajstić information content (AvgIpc) is 3.39. The van der Waals surface area contributed by atoms with Gasteiger partial charge in [-0.3, -0.25) is 0 Å². The zero-order valence-electron chi connectivity index (χ0n) is 29.2. The molecule has 7 heteroatoms. The van der Waals surface area contributed by atoms with Gasteiger partial charge in [0.15, 0.2) is 0 Å². The second kappa shape index (κ2) is 12.6. The van der Waals surface area contributed by atoms with E-state index in [1.54, 1.807) is 0 Å². The van der Waals surface area contributed by atoms with E-state index >= 15 is 0 Å². The van der Waals surface area contributed by atoms with Crippen molar-refractivity contribution in [2.75, 3.05) is 11.5 Å². The van der Waals surface area contributed by atoms with E-state index in [-0.39, 0.29) is 11.4 Å². The molecule has 51 heavy (non-hydrogen) atoms. The third-order valence-electron chi connectivity index (χ3n) is 9.94. The fraction of sp³-hybridized carbons (Fsp3) is 0.182. The summed E-state index contributed by atoms with van der Waals surface area (Å²) < 4.78 is 55.0. The highest BCUT2D eigenvalue weighted by atomic mass is 19.4. The first-order chi connectivity index (χ1) is 24.3. The Hall–Kier alpha value is -5.69. The quantitative estimate of drug-likeness (QED) is 0.164. The normalized spacial score (nSPS) is 13.1. The molecule has 4 N–H and O–H groups in total. The molecule has 0 saturated heterocycles. The van der Waals surface area contributed by atoms with Gasteiger partial charge in [0.05, 0.1) is 5.41 Å². The van der Waals surface area contributed by atoms with E-state index in [1.807, 2.05) is 39.0 Å². The maximum absolute atomic E-state index is 14.1. The van der Waals surface area contributed by atoms with E-state index in [0.29, 0.717) is 17.9 Å². The summed E-state index contributed by atoms with van der Waals surface area (Å²) in [6.07, 6.45) is -4.10. The maximum atomic E-state index is 14.1. The number of rotatable bonds is 7. The molecular weight excluding hydrogens is 645 g/mol. The number of nitrogens with two attached hydrogens (primary N) is 2. The minimum atomic E-state index is -4.63. The first kappa shape index (κ1) is 33.8. The highest BCUT2D eigenvalue weighted by molar-refractivity contribution is 5.86. The summed E-state index contributed by atoms with van der Waals surface area (Å²) >= 11 is 0. The number of aryl methyl sites for hydroxylation is 5. The zero-order chi connectivity index (χ0) is 36.2. The van der Waals surface area contributed by atoms with Crippen molar-refractivity contribution < 1.29 is 22.6 Å². The number of fused-ring (bicyclic) bond motifs is 3. The molecule has 0 saturated carbocycles. The summed E-state index contributed by atoms with van der Waals surface area (Å²) in [5, 5.41) is 0. The van der Waals surface area contributed by atoms with Crippen LogP contribution < -0.4 is 20.9 Å². The number of halogens is 3. The lowest BCUT2D eigenvalue weighted by atomic mass is 9.66. The predicted octanol–water partition coefficient (Wildman–Crippen LogP) is 11.6. The van der Waals surface area contributed by atoms with E-state index in [0.717, 1.165) is 78.8 Å². The number of anilines is 2. The first-order valence-electron chi connectivity index (χ1n) is 17.0. The van der Waals surface area contributed by atoms with Gasteiger partial charge in [-0.05, 0) is 132 Å². The van der Waals surface area contributed by atoms with Crippen LogP contribution in [0.5, 0.6) is 23.0 Å². The molecule has 1 aliphatic rings. The van der Waals surface area contributed by atoms with Gasteiger partial charge >= 0.3 is 6.18 Å². The van der Waals surface area contributed by atoms with E-state index in [4.69, 9.17) is 20.9 Å². The minimum Gasteiger partial charge on any atom is -0.457 e. The van der Waals surface area contributed by atoms with Crippen molar-refractivity contribution in [2.45, 2.75) is 52.6 Å². The number of benzene rings is 6. The fourth-order valence-electron chi connectivity index (χ4n) is 7.69. The number of alkyl halides is 3. The summed E-state index contributed by atoms with van der Waals surface area (Å²) in [6.45, 7) is 9.98. The van der Waals surface area contributed by atoms with Gasteiger partial charge in [0.2, 0.25) is 0 Å². The monoisotopic (exact) mass is 684 g/mol. The Balaban J connectivity index is 1.45. The molecule has 0 radical (unpaired) electrons. The minimum absolute atomic E-state index is 0.0172. The highest BCUT2D eigenvalue weighted by Gasteiger charge is 2.47. The van der Waals surface area contributed by atoms with Crippen LogP contribution in [0, 0.1) is 27.7 Å². The van der Waals surface area contributed by atoms with Crippen molar-refractivity contribution in [3.8, 4) is 34.1 Å². The van der Waals surface area contributed by atoms with Crippen LogP contribution in [0.1, 0.15) is 62.6 Å². The van der Waals surface area contributed by atoms with Crippen LogP contribution in [0.25, 0.3) is 11.1 Å². The van der Waals surface area contributed by atoms with E-state index in [9.17, 15) is 13.2 Å². The summed E-state index contributed by atoms with van der Waals surface area (Å²) in [4.78, 5) is 0. The summed E-state index contributed by atoms with van der Waals surface area (Å²) in [5.41, 5.74) is 21.8. The molecule has 0 unspecified atom stereocenters. The third-order valence-corrected chi connectivity index (χ3v) is 9.94. The number of hydrogen-bond acceptors (Lipinski definition) is 4. The van der Waals surface area contributed by atoms with Crippen LogP contribution in [0.4, 0.5) is 24.5 Å². The van der Waals surface area contributed by atoms with Crippen LogP contribution in [0.3, 0.4) is 0 Å². The molecule has 4 nitrogen and oxygen atoms in total. The molecule has 0 aliphatic heterocycles. The van der Waals surface area contributed by atoms with Crippen LogP contribution in [0.2, 0.25) is 0 Å². The molecule has 0 bridgehead atoms. The molecule has 0 spiro atoms. The summed E-state index contributed by atoms with van der Waals surface area (Å²) in [7, 11) is 0. The van der Waals surface area contributed by atoms with Crippen molar-refractivity contribution in [3.05, 3.63) is 165 Å². The summed E-state index contributed by atoms with van der Waals surface area (Å²) in [5.74, 6) is 1.63. The second-order valence-corrected chi connectivity index (χ2v) is 13.4. The number of ether oxygens (including phenoxy) is 2. The molecule has 0 aromatic heterocycles. The van der Waals surface area contributed by atoms with E-state index in [2.05, 4.69) is 86.6 Å². The van der Waals surface area contributed by atoms with Gasteiger partial charge in [-0.2, -0.15) is 13.2 Å². The molecule has 258 valence electrons. The largest absolute Gasteiger partial charge is 0.457 e. The Bertz CT molecular complexity index is 2260. The standard InChI is InChI=1S/C44H39F3N2O2/c1-6-29-23-31(21-28(5)42(29)51-40-18-16-33(49)24-38(40)44(45,46)47)43(36-13-9-7-11-34(36)35-12-8-10-14-37(35)43)30-19-26(3)41(27(4)20-30)50-39-17-15-32(48)22-25(39)2/h7-24H,6,48-49H2,1-5H3. The fourth-order valence-corrected chi connectivity index (χ4v) is 7.69. The van der Waals surface area contributed by atoms with Gasteiger partial charge in [0.1, 0.15) is 28.6 Å². The van der Waals surface area contributed by atoms with Crippen molar-refractivity contribution in [3.63, 3.8) is 0 Å². The van der Waals surface area contributed by atoms with Crippen molar-refractivity contribution in [1.29, 1.82) is 0 Å². The van der Waals surface area contributed by atoms with E-state index < -0.39 is 17.2 Å². The average molecular weight is 685 g/mol.